The van der Waals surface area contributed by atoms with Gasteiger partial charge in [-0.15, -0.1) is 0 Å². The van der Waals surface area contributed by atoms with E-state index in [0.717, 1.165) is 86.9 Å². The lowest BCUT2D eigenvalue weighted by atomic mass is 10.1. The third kappa shape index (κ3) is 6.72. The molecule has 9 nitrogen and oxygen atoms in total. The Morgan fingerprint density at radius 2 is 1.30 bits per heavy atom. The smallest absolute Gasteiger partial charge is 0.172 e. The van der Waals surface area contributed by atoms with Crippen molar-refractivity contribution in [3.05, 3.63) is 92.0 Å². The fourth-order valence-corrected chi connectivity index (χ4v) is 6.07. The summed E-state index contributed by atoms with van der Waals surface area (Å²) in [7, 11) is 0. The summed E-state index contributed by atoms with van der Waals surface area (Å²) >= 11 is 20.1. The van der Waals surface area contributed by atoms with Gasteiger partial charge in [0.1, 0.15) is 11.6 Å². The quantitative estimate of drug-likeness (QED) is 0.108. The van der Waals surface area contributed by atoms with Crippen LogP contribution in [0, 0.1) is 0 Å². The minimum Gasteiger partial charge on any atom is -0.370 e. The SMILES string of the molecule is CC(CCNCCCNc1cc(-c2ccccc2Cl)nc2c(Br)cnn12)Nc1cc(-c2ccccc2Cl)nc2c(Br)cnn12. The number of nitrogens with zero attached hydrogens (tertiary/aromatic N) is 6. The van der Waals surface area contributed by atoms with Crippen LogP contribution in [-0.2, 0) is 0 Å². The highest BCUT2D eigenvalue weighted by Gasteiger charge is 2.15. The summed E-state index contributed by atoms with van der Waals surface area (Å²) in [5.41, 5.74) is 4.80. The van der Waals surface area contributed by atoms with E-state index in [0.29, 0.717) is 10.0 Å². The van der Waals surface area contributed by atoms with Crippen molar-refractivity contribution >= 4 is 78.0 Å². The number of aromatic nitrogens is 6. The van der Waals surface area contributed by atoms with Gasteiger partial charge in [0.15, 0.2) is 11.3 Å². The number of anilines is 2. The second kappa shape index (κ2) is 13.8. The van der Waals surface area contributed by atoms with Crippen molar-refractivity contribution in [2.24, 2.45) is 0 Å². The Hall–Kier alpha value is -3.22. The summed E-state index contributed by atoms with van der Waals surface area (Å²) in [5, 5.41) is 21.0. The van der Waals surface area contributed by atoms with E-state index in [1.165, 1.54) is 0 Å². The molecular formula is C31H29Br2Cl2N9. The zero-order valence-electron chi connectivity index (χ0n) is 23.7. The van der Waals surface area contributed by atoms with Crippen molar-refractivity contribution in [2.75, 3.05) is 30.3 Å². The van der Waals surface area contributed by atoms with Gasteiger partial charge in [-0.3, -0.25) is 0 Å². The van der Waals surface area contributed by atoms with Crippen LogP contribution in [-0.4, -0.2) is 54.9 Å². The maximum Gasteiger partial charge on any atom is 0.172 e. The molecule has 0 fully saturated rings. The Bertz CT molecular complexity index is 1920. The first-order valence-electron chi connectivity index (χ1n) is 14.2. The van der Waals surface area contributed by atoms with Crippen molar-refractivity contribution in [1.29, 1.82) is 0 Å². The molecule has 1 atom stereocenters. The van der Waals surface area contributed by atoms with E-state index in [1.54, 1.807) is 16.9 Å². The summed E-state index contributed by atoms with van der Waals surface area (Å²) in [6.07, 6.45) is 5.36. The summed E-state index contributed by atoms with van der Waals surface area (Å²) in [4.78, 5) is 9.57. The monoisotopic (exact) mass is 755 g/mol. The Kier molecular flexibility index (Phi) is 9.68. The van der Waals surface area contributed by atoms with E-state index in [-0.39, 0.29) is 6.04 Å². The molecule has 0 aliphatic carbocycles. The van der Waals surface area contributed by atoms with Gasteiger partial charge in [-0.25, -0.2) is 9.97 Å². The first-order valence-corrected chi connectivity index (χ1v) is 16.5. The first kappa shape index (κ1) is 30.8. The van der Waals surface area contributed by atoms with Crippen LogP contribution in [0.25, 0.3) is 33.8 Å². The van der Waals surface area contributed by atoms with Gasteiger partial charge in [-0.05, 0) is 76.8 Å². The van der Waals surface area contributed by atoms with Crippen molar-refractivity contribution in [3.63, 3.8) is 0 Å². The number of rotatable bonds is 12. The summed E-state index contributed by atoms with van der Waals surface area (Å²) in [6.45, 7) is 4.67. The number of hydrogen-bond donors (Lipinski definition) is 3. The van der Waals surface area contributed by atoms with Crippen LogP contribution < -0.4 is 16.0 Å². The normalized spacial score (nSPS) is 12.2. The minimum absolute atomic E-state index is 0.194. The molecule has 44 heavy (non-hydrogen) atoms. The molecule has 3 N–H and O–H groups in total. The highest BCUT2D eigenvalue weighted by atomic mass is 79.9. The van der Waals surface area contributed by atoms with Crippen LogP contribution in [0.3, 0.4) is 0 Å². The lowest BCUT2D eigenvalue weighted by Crippen LogP contribution is -2.26. The van der Waals surface area contributed by atoms with Gasteiger partial charge in [0, 0.05) is 45.9 Å². The van der Waals surface area contributed by atoms with Crippen molar-refractivity contribution < 1.29 is 0 Å². The Morgan fingerprint density at radius 3 is 1.89 bits per heavy atom. The molecule has 4 aromatic heterocycles. The maximum atomic E-state index is 6.48. The van der Waals surface area contributed by atoms with Gasteiger partial charge in [0.2, 0.25) is 0 Å². The highest BCUT2D eigenvalue weighted by Crippen LogP contribution is 2.32. The number of hydrogen-bond acceptors (Lipinski definition) is 7. The Labute approximate surface area is 281 Å². The van der Waals surface area contributed by atoms with E-state index in [4.69, 9.17) is 33.2 Å². The van der Waals surface area contributed by atoms with Crippen LogP contribution in [0.4, 0.5) is 11.6 Å². The van der Waals surface area contributed by atoms with Gasteiger partial charge in [0.25, 0.3) is 0 Å². The van der Waals surface area contributed by atoms with Crippen LogP contribution in [0.5, 0.6) is 0 Å². The molecule has 13 heteroatoms. The standard InChI is InChI=1S/C31H29Br2Cl2N9/c1-19(40-29-16-27(21-8-3-5-10-25(21)35)42-31-23(33)18-39-44(29)31)11-14-36-12-6-13-37-28-15-26(20-7-2-4-9-24(20)34)41-30-22(32)17-38-43(28)30/h2-5,7-10,15-19,36-37,40H,6,11-14H2,1H3. The molecule has 0 spiro atoms. The Balaban J connectivity index is 1.03. The molecule has 6 aromatic rings. The van der Waals surface area contributed by atoms with E-state index in [1.807, 2.05) is 65.2 Å². The third-order valence-corrected chi connectivity index (χ3v) is 8.92. The molecule has 6 rings (SSSR count). The number of nitrogens with one attached hydrogen (secondary N) is 3. The number of benzene rings is 2. The van der Waals surface area contributed by atoms with Gasteiger partial charge >= 0.3 is 0 Å². The third-order valence-electron chi connectivity index (χ3n) is 7.14. The second-order valence-electron chi connectivity index (χ2n) is 10.3. The van der Waals surface area contributed by atoms with Crippen LogP contribution in [0.15, 0.2) is 82.0 Å². The zero-order valence-corrected chi connectivity index (χ0v) is 28.4. The molecule has 2 aromatic carbocycles. The molecule has 0 aliphatic heterocycles. The van der Waals surface area contributed by atoms with Gasteiger partial charge in [0.05, 0.1) is 32.7 Å². The molecule has 0 aliphatic rings. The maximum absolute atomic E-state index is 6.48. The summed E-state index contributed by atoms with van der Waals surface area (Å²) < 4.78 is 5.26. The van der Waals surface area contributed by atoms with E-state index < -0.39 is 0 Å². The molecule has 1 unspecified atom stereocenters. The van der Waals surface area contributed by atoms with Crippen molar-refractivity contribution in [1.82, 2.24) is 34.5 Å². The molecule has 4 heterocycles. The van der Waals surface area contributed by atoms with Gasteiger partial charge in [-0.1, -0.05) is 59.6 Å². The lowest BCUT2D eigenvalue weighted by Gasteiger charge is -2.17. The van der Waals surface area contributed by atoms with Gasteiger partial charge < -0.3 is 16.0 Å². The zero-order chi connectivity index (χ0) is 30.6. The Morgan fingerprint density at radius 1 is 0.750 bits per heavy atom. The number of halogens is 4. The fraction of sp³-hybridized carbons (Fsp3) is 0.226. The highest BCUT2D eigenvalue weighted by molar-refractivity contribution is 9.11. The summed E-state index contributed by atoms with van der Waals surface area (Å²) in [6, 6.07) is 19.6. The van der Waals surface area contributed by atoms with Crippen molar-refractivity contribution in [3.8, 4) is 22.5 Å². The lowest BCUT2D eigenvalue weighted by molar-refractivity contribution is 0.596. The van der Waals surface area contributed by atoms with Crippen molar-refractivity contribution in [2.45, 2.75) is 25.8 Å². The first-order chi connectivity index (χ1) is 21.4. The van der Waals surface area contributed by atoms with E-state index in [2.05, 4.69) is 64.9 Å². The van der Waals surface area contributed by atoms with E-state index in [9.17, 15) is 0 Å². The molecule has 0 amide bonds. The van der Waals surface area contributed by atoms with Crippen LogP contribution >= 0.6 is 55.1 Å². The van der Waals surface area contributed by atoms with Gasteiger partial charge in [-0.2, -0.15) is 19.2 Å². The van der Waals surface area contributed by atoms with Crippen LogP contribution in [0.1, 0.15) is 19.8 Å². The fourth-order valence-electron chi connectivity index (χ4n) is 4.91. The van der Waals surface area contributed by atoms with E-state index >= 15 is 0 Å². The molecule has 0 bridgehead atoms. The predicted molar refractivity (Wildman–Crippen MR) is 186 cm³/mol. The number of fused-ring (bicyclic) bond motifs is 2. The molecule has 0 radical (unpaired) electrons. The molecule has 0 saturated heterocycles. The molecule has 226 valence electrons. The molecule has 0 saturated carbocycles. The average molecular weight is 758 g/mol. The topological polar surface area (TPSA) is 96.5 Å². The molecular weight excluding hydrogens is 729 g/mol. The predicted octanol–water partition coefficient (Wildman–Crippen LogP) is 8.22. The average Bonchev–Trinajstić information content (AvgIpc) is 3.59. The summed E-state index contributed by atoms with van der Waals surface area (Å²) in [5.74, 6) is 1.72. The largest absolute Gasteiger partial charge is 0.370 e. The second-order valence-corrected chi connectivity index (χ2v) is 12.9. The van der Waals surface area contributed by atoms with Crippen LogP contribution in [0.2, 0.25) is 10.0 Å². The minimum atomic E-state index is 0.194.